The van der Waals surface area contributed by atoms with Gasteiger partial charge in [-0.05, 0) is 31.5 Å². The fourth-order valence-electron chi connectivity index (χ4n) is 2.67. The predicted molar refractivity (Wildman–Crippen MR) is 75.1 cm³/mol. The molecule has 3 rings (SSSR count). The molecule has 2 heterocycles. The van der Waals surface area contributed by atoms with Crippen LogP contribution in [0.4, 0.5) is 4.39 Å². The van der Waals surface area contributed by atoms with E-state index in [1.165, 1.54) is 31.4 Å². The van der Waals surface area contributed by atoms with Gasteiger partial charge in [-0.15, -0.1) is 0 Å². The zero-order valence-corrected chi connectivity index (χ0v) is 12.6. The Kier molecular flexibility index (Phi) is 3.66. The number of hydrogen-bond donors (Lipinski definition) is 0. The van der Waals surface area contributed by atoms with Crippen molar-refractivity contribution in [1.29, 1.82) is 0 Å². The number of rotatable bonds is 3. The maximum atomic E-state index is 13.1. The Bertz CT molecular complexity index is 620. The van der Waals surface area contributed by atoms with Gasteiger partial charge in [0, 0.05) is 0 Å². The summed E-state index contributed by atoms with van der Waals surface area (Å²) in [5.74, 6) is -1.24. The van der Waals surface area contributed by atoms with Gasteiger partial charge < -0.3 is 18.9 Å². The highest BCUT2D eigenvalue weighted by molar-refractivity contribution is 6.19. The van der Waals surface area contributed by atoms with Crippen LogP contribution in [-0.4, -0.2) is 37.7 Å². The molecular formula is C16H17FO5. The van der Waals surface area contributed by atoms with Crippen LogP contribution >= 0.6 is 0 Å². The second kappa shape index (κ2) is 5.37. The number of esters is 1. The van der Waals surface area contributed by atoms with E-state index in [1.807, 2.05) is 0 Å². The van der Waals surface area contributed by atoms with Crippen molar-refractivity contribution in [3.63, 3.8) is 0 Å². The average molecular weight is 308 g/mol. The highest BCUT2D eigenvalue weighted by atomic mass is 19.1. The molecule has 22 heavy (non-hydrogen) atoms. The molecule has 118 valence electrons. The summed E-state index contributed by atoms with van der Waals surface area (Å²) in [5, 5.41) is 0. The summed E-state index contributed by atoms with van der Waals surface area (Å²) in [4.78, 5) is 12.2. The molecule has 1 aromatic carbocycles. The van der Waals surface area contributed by atoms with Gasteiger partial charge >= 0.3 is 5.97 Å². The quantitative estimate of drug-likeness (QED) is 0.802. The first kappa shape index (κ1) is 15.0. The lowest BCUT2D eigenvalue weighted by Crippen LogP contribution is -2.33. The lowest BCUT2D eigenvalue weighted by Gasteiger charge is -2.21. The minimum Gasteiger partial charge on any atom is -0.496 e. The van der Waals surface area contributed by atoms with E-state index in [4.69, 9.17) is 18.9 Å². The first-order valence-electron chi connectivity index (χ1n) is 6.98. The minimum absolute atomic E-state index is 0.292. The Balaban J connectivity index is 1.95. The number of methoxy groups -OCH3 is 1. The third-order valence-electron chi connectivity index (χ3n) is 3.66. The molecule has 0 aromatic heterocycles. The molecule has 2 aliphatic rings. The van der Waals surface area contributed by atoms with Crippen LogP contribution in [0.25, 0.3) is 5.57 Å². The zero-order chi connectivity index (χ0) is 15.9. The van der Waals surface area contributed by atoms with E-state index in [-0.39, 0.29) is 5.82 Å². The second-order valence-electron chi connectivity index (χ2n) is 5.64. The number of benzene rings is 1. The Morgan fingerprint density at radius 2 is 1.95 bits per heavy atom. The molecule has 2 aliphatic heterocycles. The van der Waals surface area contributed by atoms with Crippen molar-refractivity contribution in [3.05, 3.63) is 41.4 Å². The molecule has 1 fully saturated rings. The van der Waals surface area contributed by atoms with E-state index in [0.717, 1.165) is 0 Å². The van der Waals surface area contributed by atoms with Crippen LogP contribution < -0.4 is 0 Å². The molecule has 6 heteroatoms. The van der Waals surface area contributed by atoms with Crippen LogP contribution in [0.5, 0.6) is 0 Å². The van der Waals surface area contributed by atoms with Gasteiger partial charge in [-0.25, -0.2) is 9.18 Å². The summed E-state index contributed by atoms with van der Waals surface area (Å²) < 4.78 is 35.1. The smallest absolute Gasteiger partial charge is 0.343 e. The van der Waals surface area contributed by atoms with Crippen molar-refractivity contribution in [1.82, 2.24) is 0 Å². The Morgan fingerprint density at radius 1 is 1.27 bits per heavy atom. The third kappa shape index (κ3) is 2.60. The number of hydrogen-bond acceptors (Lipinski definition) is 5. The van der Waals surface area contributed by atoms with Crippen LogP contribution in [0.15, 0.2) is 30.0 Å². The van der Waals surface area contributed by atoms with Crippen LogP contribution in [0, 0.1) is 5.82 Å². The van der Waals surface area contributed by atoms with Crippen LogP contribution in [0.2, 0.25) is 0 Å². The van der Waals surface area contributed by atoms with E-state index < -0.39 is 24.0 Å². The van der Waals surface area contributed by atoms with Gasteiger partial charge in [0.05, 0.1) is 13.7 Å². The number of ether oxygens (including phenoxy) is 4. The molecular weight excluding hydrogens is 291 g/mol. The summed E-state index contributed by atoms with van der Waals surface area (Å²) in [6.45, 7) is 3.89. The summed E-state index contributed by atoms with van der Waals surface area (Å²) in [7, 11) is 1.47. The van der Waals surface area contributed by atoms with Gasteiger partial charge in [-0.2, -0.15) is 0 Å². The van der Waals surface area contributed by atoms with Gasteiger partial charge in [0.15, 0.2) is 17.7 Å². The van der Waals surface area contributed by atoms with Crippen molar-refractivity contribution >= 4 is 11.5 Å². The molecule has 2 atom stereocenters. The maximum Gasteiger partial charge on any atom is 0.343 e. The van der Waals surface area contributed by atoms with Crippen molar-refractivity contribution in [2.75, 3.05) is 13.7 Å². The fraction of sp³-hybridized carbons (Fsp3) is 0.438. The van der Waals surface area contributed by atoms with Gasteiger partial charge in [0.1, 0.15) is 17.5 Å². The van der Waals surface area contributed by atoms with Gasteiger partial charge in [0.25, 0.3) is 0 Å². The minimum atomic E-state index is -0.728. The van der Waals surface area contributed by atoms with Gasteiger partial charge in [-0.3, -0.25) is 0 Å². The number of carbonyl (C=O) groups excluding carboxylic acids is 1. The van der Waals surface area contributed by atoms with Gasteiger partial charge in [0.2, 0.25) is 0 Å². The van der Waals surface area contributed by atoms with Crippen molar-refractivity contribution < 1.29 is 28.1 Å². The molecule has 0 saturated carbocycles. The van der Waals surface area contributed by atoms with Crippen molar-refractivity contribution in [2.45, 2.75) is 31.8 Å². The standard InChI is InChI=1S/C16H17FO5/c1-16(2)20-8-11(22-16)13-14(19-3)12(15(18)21-13)9-4-6-10(17)7-5-9/h4-7,11,13H,8H2,1-3H3/t11-,13+/m0/s1. The largest absolute Gasteiger partial charge is 0.496 e. The summed E-state index contributed by atoms with van der Waals surface area (Å²) in [5.41, 5.74) is 0.838. The van der Waals surface area contributed by atoms with E-state index >= 15 is 0 Å². The van der Waals surface area contributed by atoms with E-state index in [9.17, 15) is 9.18 Å². The lowest BCUT2D eigenvalue weighted by atomic mass is 10.0. The molecule has 0 N–H and O–H groups in total. The summed E-state index contributed by atoms with van der Waals surface area (Å²) in [6.07, 6.45) is -1.11. The summed E-state index contributed by atoms with van der Waals surface area (Å²) in [6, 6.07) is 5.61. The highest BCUT2D eigenvalue weighted by Crippen LogP contribution is 2.37. The number of halogens is 1. The molecule has 5 nitrogen and oxygen atoms in total. The molecule has 0 amide bonds. The number of carbonyl (C=O) groups is 1. The average Bonchev–Trinajstić information content (AvgIpc) is 2.99. The first-order chi connectivity index (χ1) is 10.4. The fourth-order valence-corrected chi connectivity index (χ4v) is 2.67. The predicted octanol–water partition coefficient (Wildman–Crippen LogP) is 2.26. The maximum absolute atomic E-state index is 13.1. The monoisotopic (exact) mass is 308 g/mol. The summed E-state index contributed by atoms with van der Waals surface area (Å²) >= 11 is 0. The second-order valence-corrected chi connectivity index (χ2v) is 5.64. The molecule has 1 aromatic rings. The van der Waals surface area contributed by atoms with Crippen LogP contribution in [0.1, 0.15) is 19.4 Å². The Labute approximate surface area is 127 Å². The van der Waals surface area contributed by atoms with E-state index in [0.29, 0.717) is 23.5 Å². The molecule has 0 aliphatic carbocycles. The zero-order valence-electron chi connectivity index (χ0n) is 12.6. The molecule has 0 unspecified atom stereocenters. The number of cyclic esters (lactones) is 1. The van der Waals surface area contributed by atoms with Crippen molar-refractivity contribution in [3.8, 4) is 0 Å². The van der Waals surface area contributed by atoms with E-state index in [1.54, 1.807) is 13.8 Å². The topological polar surface area (TPSA) is 54.0 Å². The third-order valence-corrected chi connectivity index (χ3v) is 3.66. The van der Waals surface area contributed by atoms with Gasteiger partial charge in [-0.1, -0.05) is 12.1 Å². The SMILES string of the molecule is COC1=C(c2ccc(F)cc2)C(=O)O[C@@H]1[C@@H]1COC(C)(C)O1. The normalized spacial score (nSPS) is 27.2. The molecule has 0 spiro atoms. The lowest BCUT2D eigenvalue weighted by molar-refractivity contribution is -0.162. The molecule has 1 saturated heterocycles. The molecule has 0 bridgehead atoms. The van der Waals surface area contributed by atoms with Crippen LogP contribution in [-0.2, 0) is 23.7 Å². The van der Waals surface area contributed by atoms with E-state index in [2.05, 4.69) is 0 Å². The Morgan fingerprint density at radius 3 is 2.50 bits per heavy atom. The molecule has 0 radical (unpaired) electrons. The van der Waals surface area contributed by atoms with Crippen molar-refractivity contribution in [2.24, 2.45) is 0 Å². The van der Waals surface area contributed by atoms with Crippen LogP contribution in [0.3, 0.4) is 0 Å². The highest BCUT2D eigenvalue weighted by Gasteiger charge is 2.47. The Hall–Kier alpha value is -1.92. The first-order valence-corrected chi connectivity index (χ1v) is 6.98.